The van der Waals surface area contributed by atoms with Crippen LogP contribution in [0.3, 0.4) is 0 Å². The molecule has 2 nitrogen and oxygen atoms in total. The number of pyridine rings is 1. The van der Waals surface area contributed by atoms with Crippen molar-refractivity contribution in [2.75, 3.05) is 17.7 Å². The minimum Gasteiger partial charge on any atom is -0.369 e. The molecule has 0 spiro atoms. The second-order valence-electron chi connectivity index (χ2n) is 4.86. The van der Waals surface area contributed by atoms with Gasteiger partial charge in [0.25, 0.3) is 0 Å². The molecule has 1 fully saturated rings. The van der Waals surface area contributed by atoms with Crippen LogP contribution in [0.1, 0.15) is 31.2 Å². The van der Waals surface area contributed by atoms with Crippen LogP contribution in [0.5, 0.6) is 0 Å². The Morgan fingerprint density at radius 3 is 2.81 bits per heavy atom. The van der Waals surface area contributed by atoms with Crippen molar-refractivity contribution in [3.05, 3.63) is 23.9 Å². The van der Waals surface area contributed by atoms with Crippen LogP contribution in [0, 0.1) is 12.3 Å². The molecule has 1 aliphatic carbocycles. The van der Waals surface area contributed by atoms with Gasteiger partial charge in [0, 0.05) is 24.0 Å². The molecule has 0 amide bonds. The van der Waals surface area contributed by atoms with Crippen LogP contribution in [-0.4, -0.2) is 17.4 Å². The molecule has 1 heterocycles. The Morgan fingerprint density at radius 1 is 1.44 bits per heavy atom. The molecule has 1 N–H and O–H groups in total. The number of nitrogens with one attached hydrogen (secondary N) is 1. The average Bonchev–Trinajstić information content (AvgIpc) is 2.78. The third kappa shape index (κ3) is 2.49. The molecule has 1 saturated carbocycles. The Labute approximate surface area is 102 Å². The van der Waals surface area contributed by atoms with Gasteiger partial charge in [0.05, 0.1) is 0 Å². The van der Waals surface area contributed by atoms with Gasteiger partial charge in [-0.05, 0) is 31.4 Å². The molecule has 2 rings (SSSR count). The molecule has 88 valence electrons. The van der Waals surface area contributed by atoms with Gasteiger partial charge in [-0.1, -0.05) is 18.9 Å². The van der Waals surface area contributed by atoms with Gasteiger partial charge in [-0.3, -0.25) is 0 Å². The predicted molar refractivity (Wildman–Crippen MR) is 69.1 cm³/mol. The molecule has 16 heavy (non-hydrogen) atoms. The molecule has 0 aromatic carbocycles. The van der Waals surface area contributed by atoms with Crippen LogP contribution >= 0.6 is 11.6 Å². The monoisotopic (exact) mass is 238 g/mol. The summed E-state index contributed by atoms with van der Waals surface area (Å²) in [5, 5.41) is 3.45. The van der Waals surface area contributed by atoms with Gasteiger partial charge in [-0.2, -0.15) is 0 Å². The summed E-state index contributed by atoms with van der Waals surface area (Å²) in [5.74, 6) is 1.75. The van der Waals surface area contributed by atoms with Crippen LogP contribution in [-0.2, 0) is 0 Å². The quantitative estimate of drug-likeness (QED) is 0.811. The number of halogens is 1. The molecule has 1 aliphatic rings. The molecular formula is C13H19ClN2. The zero-order valence-corrected chi connectivity index (χ0v) is 10.6. The lowest BCUT2D eigenvalue weighted by molar-refractivity contribution is 0.368. The van der Waals surface area contributed by atoms with Crippen LogP contribution in [0.4, 0.5) is 5.82 Å². The second kappa shape index (κ2) is 5.05. The Balaban J connectivity index is 1.98. The Kier molecular flexibility index (Phi) is 3.70. The summed E-state index contributed by atoms with van der Waals surface area (Å²) in [6.07, 6.45) is 6.95. The third-order valence-corrected chi connectivity index (χ3v) is 4.15. The maximum Gasteiger partial charge on any atom is 0.128 e. The zero-order valence-electron chi connectivity index (χ0n) is 9.80. The Morgan fingerprint density at radius 2 is 2.19 bits per heavy atom. The lowest BCUT2D eigenvalue weighted by Crippen LogP contribution is -2.29. The number of anilines is 1. The third-order valence-electron chi connectivity index (χ3n) is 3.59. The lowest BCUT2D eigenvalue weighted by atomic mass is 9.88. The molecule has 0 atom stereocenters. The minimum absolute atomic E-state index is 0.297. The van der Waals surface area contributed by atoms with E-state index in [0.29, 0.717) is 5.41 Å². The number of aromatic nitrogens is 1. The molecule has 1 aromatic heterocycles. The van der Waals surface area contributed by atoms with Gasteiger partial charge in [0.15, 0.2) is 0 Å². The van der Waals surface area contributed by atoms with E-state index in [0.717, 1.165) is 18.2 Å². The Hall–Kier alpha value is -0.760. The molecule has 0 bridgehead atoms. The topological polar surface area (TPSA) is 24.9 Å². The molecule has 0 radical (unpaired) electrons. The van der Waals surface area contributed by atoms with E-state index in [-0.39, 0.29) is 0 Å². The second-order valence-corrected chi connectivity index (χ2v) is 5.13. The highest BCUT2D eigenvalue weighted by Gasteiger charge is 2.32. The van der Waals surface area contributed by atoms with Crippen LogP contribution < -0.4 is 5.32 Å². The van der Waals surface area contributed by atoms with E-state index in [4.69, 9.17) is 11.6 Å². The van der Waals surface area contributed by atoms with Gasteiger partial charge in [-0.15, -0.1) is 11.6 Å². The highest BCUT2D eigenvalue weighted by atomic mass is 35.5. The summed E-state index contributed by atoms with van der Waals surface area (Å²) in [7, 11) is 0. The fourth-order valence-corrected chi connectivity index (χ4v) is 2.79. The predicted octanol–water partition coefficient (Wildman–Crippen LogP) is 3.60. The first-order valence-corrected chi connectivity index (χ1v) is 6.51. The fraction of sp³-hybridized carbons (Fsp3) is 0.615. The molecule has 0 aliphatic heterocycles. The van der Waals surface area contributed by atoms with Crippen molar-refractivity contribution in [3.8, 4) is 0 Å². The summed E-state index contributed by atoms with van der Waals surface area (Å²) in [5.41, 5.74) is 1.50. The normalized spacial score (nSPS) is 18.6. The summed E-state index contributed by atoms with van der Waals surface area (Å²) >= 11 is 6.11. The van der Waals surface area contributed by atoms with Crippen molar-refractivity contribution in [1.29, 1.82) is 0 Å². The van der Waals surface area contributed by atoms with Crippen molar-refractivity contribution in [2.45, 2.75) is 32.6 Å². The summed E-state index contributed by atoms with van der Waals surface area (Å²) in [4.78, 5) is 4.35. The first kappa shape index (κ1) is 11.7. The van der Waals surface area contributed by atoms with Crippen molar-refractivity contribution in [1.82, 2.24) is 4.98 Å². The van der Waals surface area contributed by atoms with Crippen molar-refractivity contribution >= 4 is 17.4 Å². The SMILES string of the molecule is Cc1cccnc1NCC1(CCl)CCCC1. The van der Waals surface area contributed by atoms with E-state index in [9.17, 15) is 0 Å². The maximum atomic E-state index is 6.11. The first-order chi connectivity index (χ1) is 7.76. The summed E-state index contributed by atoms with van der Waals surface area (Å²) in [6.45, 7) is 3.03. The summed E-state index contributed by atoms with van der Waals surface area (Å²) in [6, 6.07) is 4.05. The van der Waals surface area contributed by atoms with Gasteiger partial charge in [-0.25, -0.2) is 4.98 Å². The summed E-state index contributed by atoms with van der Waals surface area (Å²) < 4.78 is 0. The van der Waals surface area contributed by atoms with E-state index >= 15 is 0 Å². The van der Waals surface area contributed by atoms with Gasteiger partial charge in [0.2, 0.25) is 0 Å². The molecule has 0 saturated heterocycles. The number of nitrogens with zero attached hydrogens (tertiary/aromatic N) is 1. The van der Waals surface area contributed by atoms with E-state index in [1.54, 1.807) is 0 Å². The van der Waals surface area contributed by atoms with Crippen LogP contribution in [0.15, 0.2) is 18.3 Å². The van der Waals surface area contributed by atoms with E-state index in [1.165, 1.54) is 31.2 Å². The van der Waals surface area contributed by atoms with Gasteiger partial charge >= 0.3 is 0 Å². The zero-order chi connectivity index (χ0) is 11.4. The number of aryl methyl sites for hydroxylation is 1. The first-order valence-electron chi connectivity index (χ1n) is 5.97. The maximum absolute atomic E-state index is 6.11. The lowest BCUT2D eigenvalue weighted by Gasteiger charge is -2.27. The van der Waals surface area contributed by atoms with E-state index in [1.807, 2.05) is 12.3 Å². The van der Waals surface area contributed by atoms with Gasteiger partial charge in [0.1, 0.15) is 5.82 Å². The van der Waals surface area contributed by atoms with E-state index in [2.05, 4.69) is 23.3 Å². The average molecular weight is 239 g/mol. The Bertz CT molecular complexity index is 346. The van der Waals surface area contributed by atoms with Crippen LogP contribution in [0.25, 0.3) is 0 Å². The number of hydrogen-bond donors (Lipinski definition) is 1. The molecule has 3 heteroatoms. The number of alkyl halides is 1. The standard InChI is InChI=1S/C13H19ClN2/c1-11-5-4-8-15-12(11)16-10-13(9-14)6-2-3-7-13/h4-5,8H,2-3,6-7,9-10H2,1H3,(H,15,16). The number of hydrogen-bond acceptors (Lipinski definition) is 2. The van der Waals surface area contributed by atoms with Gasteiger partial charge < -0.3 is 5.32 Å². The smallest absolute Gasteiger partial charge is 0.128 e. The molecular weight excluding hydrogens is 220 g/mol. The van der Waals surface area contributed by atoms with Crippen molar-refractivity contribution in [3.63, 3.8) is 0 Å². The van der Waals surface area contributed by atoms with Crippen LogP contribution in [0.2, 0.25) is 0 Å². The fourth-order valence-electron chi connectivity index (χ4n) is 2.42. The molecule has 1 aromatic rings. The number of rotatable bonds is 4. The van der Waals surface area contributed by atoms with E-state index < -0.39 is 0 Å². The largest absolute Gasteiger partial charge is 0.369 e. The minimum atomic E-state index is 0.297. The van der Waals surface area contributed by atoms with Crippen molar-refractivity contribution < 1.29 is 0 Å². The van der Waals surface area contributed by atoms with Crippen molar-refractivity contribution in [2.24, 2.45) is 5.41 Å². The highest BCUT2D eigenvalue weighted by molar-refractivity contribution is 6.18. The molecule has 0 unspecified atom stereocenters. The highest BCUT2D eigenvalue weighted by Crippen LogP contribution is 2.39.